The van der Waals surface area contributed by atoms with Crippen LogP contribution < -0.4 is 4.74 Å². The van der Waals surface area contributed by atoms with Crippen LogP contribution in [0.1, 0.15) is 50.3 Å². The molecule has 0 N–H and O–H groups in total. The predicted octanol–water partition coefficient (Wildman–Crippen LogP) is 6.73. The van der Waals surface area contributed by atoms with Gasteiger partial charge in [0.1, 0.15) is 23.8 Å². The standard InChI is InChI=1S/C31H34FNO4/c1-31(2,3)37-30(35)33-27(16-13-25(29(33)34)19-22-9-14-26(32)15-10-22)20-23-11-17-28(18-12-23)36-21-24-7-5-4-6-8-24/h4-12,14-15,17-18,25,27H,13,16,19-21H2,1-3H3. The van der Waals surface area contributed by atoms with Crippen molar-refractivity contribution >= 4 is 12.0 Å². The second kappa shape index (κ2) is 11.6. The third-order valence-corrected chi connectivity index (χ3v) is 6.43. The monoisotopic (exact) mass is 503 g/mol. The summed E-state index contributed by atoms with van der Waals surface area (Å²) in [4.78, 5) is 28.0. The van der Waals surface area contributed by atoms with E-state index in [0.717, 1.165) is 22.4 Å². The second-order valence-electron chi connectivity index (χ2n) is 10.6. The Morgan fingerprint density at radius 2 is 1.49 bits per heavy atom. The van der Waals surface area contributed by atoms with Crippen molar-refractivity contribution in [1.29, 1.82) is 0 Å². The summed E-state index contributed by atoms with van der Waals surface area (Å²) in [6, 6.07) is 23.6. The number of amides is 2. The van der Waals surface area contributed by atoms with Crippen molar-refractivity contribution < 1.29 is 23.5 Å². The van der Waals surface area contributed by atoms with Crippen LogP contribution >= 0.6 is 0 Å². The zero-order valence-electron chi connectivity index (χ0n) is 21.7. The topological polar surface area (TPSA) is 55.8 Å². The summed E-state index contributed by atoms with van der Waals surface area (Å²) in [5.41, 5.74) is 2.25. The van der Waals surface area contributed by atoms with E-state index in [1.54, 1.807) is 32.9 Å². The number of nitrogens with zero attached hydrogens (tertiary/aromatic N) is 1. The van der Waals surface area contributed by atoms with Gasteiger partial charge in [-0.2, -0.15) is 0 Å². The summed E-state index contributed by atoms with van der Waals surface area (Å²) in [7, 11) is 0. The molecule has 4 rings (SSSR count). The molecule has 1 aliphatic rings. The van der Waals surface area contributed by atoms with Gasteiger partial charge in [0.15, 0.2) is 0 Å². The first kappa shape index (κ1) is 26.4. The molecule has 2 unspecified atom stereocenters. The molecule has 0 radical (unpaired) electrons. The average Bonchev–Trinajstić information content (AvgIpc) is 2.86. The number of rotatable bonds is 7. The van der Waals surface area contributed by atoms with Gasteiger partial charge >= 0.3 is 6.09 Å². The van der Waals surface area contributed by atoms with Crippen LogP contribution in [0.5, 0.6) is 5.75 Å². The van der Waals surface area contributed by atoms with Crippen LogP contribution in [0.3, 0.4) is 0 Å². The number of hydrogen-bond donors (Lipinski definition) is 0. The lowest BCUT2D eigenvalue weighted by Crippen LogP contribution is -2.53. The summed E-state index contributed by atoms with van der Waals surface area (Å²) in [5, 5.41) is 0. The Bertz CT molecular complexity index is 1190. The minimum Gasteiger partial charge on any atom is -0.489 e. The molecular weight excluding hydrogens is 469 g/mol. The van der Waals surface area contributed by atoms with Crippen LogP contribution in [0.4, 0.5) is 9.18 Å². The van der Waals surface area contributed by atoms with E-state index in [4.69, 9.17) is 9.47 Å². The molecule has 37 heavy (non-hydrogen) atoms. The number of benzene rings is 3. The SMILES string of the molecule is CC(C)(C)OC(=O)N1C(=O)C(Cc2ccc(F)cc2)CCC1Cc1ccc(OCc2ccccc2)cc1. The largest absolute Gasteiger partial charge is 0.489 e. The van der Waals surface area contributed by atoms with Gasteiger partial charge in [-0.25, -0.2) is 14.1 Å². The van der Waals surface area contributed by atoms with E-state index in [9.17, 15) is 14.0 Å². The van der Waals surface area contributed by atoms with Crippen LogP contribution in [-0.2, 0) is 29.0 Å². The maximum absolute atomic E-state index is 13.5. The lowest BCUT2D eigenvalue weighted by Gasteiger charge is -2.38. The molecule has 1 aliphatic heterocycles. The van der Waals surface area contributed by atoms with Gasteiger partial charge in [-0.3, -0.25) is 4.79 Å². The quantitative estimate of drug-likeness (QED) is 0.359. The molecule has 0 aromatic heterocycles. The molecule has 5 nitrogen and oxygen atoms in total. The van der Waals surface area contributed by atoms with Gasteiger partial charge in [0.2, 0.25) is 5.91 Å². The van der Waals surface area contributed by atoms with Gasteiger partial charge < -0.3 is 9.47 Å². The number of likely N-dealkylation sites (tertiary alicyclic amines) is 1. The highest BCUT2D eigenvalue weighted by molar-refractivity contribution is 5.94. The summed E-state index contributed by atoms with van der Waals surface area (Å²) in [6.07, 6.45) is 1.70. The number of halogens is 1. The second-order valence-corrected chi connectivity index (χ2v) is 10.6. The third-order valence-electron chi connectivity index (χ3n) is 6.43. The number of ether oxygens (including phenoxy) is 2. The zero-order chi connectivity index (χ0) is 26.4. The molecule has 2 amide bonds. The van der Waals surface area contributed by atoms with Gasteiger partial charge in [0.25, 0.3) is 0 Å². The molecular formula is C31H34FNO4. The fourth-order valence-corrected chi connectivity index (χ4v) is 4.60. The minimum absolute atomic E-state index is 0.238. The Balaban J connectivity index is 1.45. The van der Waals surface area contributed by atoms with Gasteiger partial charge in [-0.05, 0) is 87.4 Å². The van der Waals surface area contributed by atoms with Crippen molar-refractivity contribution in [1.82, 2.24) is 4.90 Å². The number of carbonyl (C=O) groups is 2. The Hall–Kier alpha value is -3.67. The predicted molar refractivity (Wildman–Crippen MR) is 141 cm³/mol. The van der Waals surface area contributed by atoms with Crippen molar-refractivity contribution in [2.75, 3.05) is 0 Å². The fraction of sp³-hybridized carbons (Fsp3) is 0.355. The first-order chi connectivity index (χ1) is 17.7. The minimum atomic E-state index is -0.719. The van der Waals surface area contributed by atoms with Crippen LogP contribution in [0.25, 0.3) is 0 Å². The van der Waals surface area contributed by atoms with Crippen molar-refractivity contribution in [2.45, 2.75) is 64.7 Å². The molecule has 2 atom stereocenters. The smallest absolute Gasteiger partial charge is 0.417 e. The number of piperidine rings is 1. The van der Waals surface area contributed by atoms with Gasteiger partial charge in [-0.15, -0.1) is 0 Å². The number of hydrogen-bond acceptors (Lipinski definition) is 4. The number of carbonyl (C=O) groups excluding carboxylic acids is 2. The zero-order valence-corrected chi connectivity index (χ0v) is 21.7. The molecule has 6 heteroatoms. The maximum atomic E-state index is 13.5. The van der Waals surface area contributed by atoms with Crippen LogP contribution in [0.15, 0.2) is 78.9 Å². The summed E-state index contributed by atoms with van der Waals surface area (Å²) >= 11 is 0. The first-order valence-electron chi connectivity index (χ1n) is 12.7. The third kappa shape index (κ3) is 7.42. The normalized spacial score (nSPS) is 17.9. The Kier molecular flexibility index (Phi) is 8.27. The van der Waals surface area contributed by atoms with Crippen molar-refractivity contribution in [2.24, 2.45) is 5.92 Å². The van der Waals surface area contributed by atoms with E-state index < -0.39 is 11.7 Å². The highest BCUT2D eigenvalue weighted by atomic mass is 19.1. The van der Waals surface area contributed by atoms with Gasteiger partial charge in [-0.1, -0.05) is 54.6 Å². The molecule has 0 aliphatic carbocycles. The van der Waals surface area contributed by atoms with Crippen LogP contribution in [-0.4, -0.2) is 28.5 Å². The van der Waals surface area contributed by atoms with Gasteiger partial charge in [0.05, 0.1) is 0 Å². The van der Waals surface area contributed by atoms with Crippen molar-refractivity contribution in [3.8, 4) is 5.75 Å². The molecule has 0 saturated carbocycles. The van der Waals surface area contributed by atoms with E-state index in [1.807, 2.05) is 54.6 Å². The molecule has 3 aromatic rings. The summed E-state index contributed by atoms with van der Waals surface area (Å²) in [5.74, 6) is -0.151. The summed E-state index contributed by atoms with van der Waals surface area (Å²) in [6.45, 7) is 5.86. The Labute approximate surface area is 218 Å². The fourth-order valence-electron chi connectivity index (χ4n) is 4.60. The van der Waals surface area contributed by atoms with Crippen molar-refractivity contribution in [3.63, 3.8) is 0 Å². The van der Waals surface area contributed by atoms with E-state index in [2.05, 4.69) is 0 Å². The first-order valence-corrected chi connectivity index (χ1v) is 12.7. The lowest BCUT2D eigenvalue weighted by molar-refractivity contribution is -0.140. The average molecular weight is 504 g/mol. The van der Waals surface area contributed by atoms with Crippen LogP contribution in [0.2, 0.25) is 0 Å². The van der Waals surface area contributed by atoms with Crippen LogP contribution in [0, 0.1) is 11.7 Å². The number of imide groups is 1. The lowest BCUT2D eigenvalue weighted by atomic mass is 9.85. The molecule has 1 fully saturated rings. The van der Waals surface area contributed by atoms with E-state index in [0.29, 0.717) is 32.3 Å². The summed E-state index contributed by atoms with van der Waals surface area (Å²) < 4.78 is 24.8. The molecule has 194 valence electrons. The molecule has 0 spiro atoms. The van der Waals surface area contributed by atoms with Gasteiger partial charge in [0, 0.05) is 12.0 Å². The molecule has 3 aromatic carbocycles. The Morgan fingerprint density at radius 1 is 0.865 bits per heavy atom. The highest BCUT2D eigenvalue weighted by Gasteiger charge is 2.41. The highest BCUT2D eigenvalue weighted by Crippen LogP contribution is 2.30. The van der Waals surface area contributed by atoms with Crippen molar-refractivity contribution in [3.05, 3.63) is 101 Å². The molecule has 1 heterocycles. The molecule has 0 bridgehead atoms. The van der Waals surface area contributed by atoms with E-state index in [1.165, 1.54) is 17.0 Å². The Morgan fingerprint density at radius 3 is 2.14 bits per heavy atom. The molecule has 1 saturated heterocycles. The maximum Gasteiger partial charge on any atom is 0.417 e. The van der Waals surface area contributed by atoms with E-state index in [-0.39, 0.29) is 23.7 Å². The van der Waals surface area contributed by atoms with E-state index >= 15 is 0 Å².